The molecule has 0 aliphatic carbocycles. The molecule has 0 spiro atoms. The van der Waals surface area contributed by atoms with Crippen LogP contribution < -0.4 is 9.62 Å². The van der Waals surface area contributed by atoms with Crippen LogP contribution in [0.15, 0.2) is 41.3 Å². The molecule has 1 aliphatic heterocycles. The number of para-hydroxylation sites is 1. The lowest BCUT2D eigenvalue weighted by atomic mass is 10.1. The minimum Gasteiger partial charge on any atom is -0.352 e. The van der Waals surface area contributed by atoms with Crippen molar-refractivity contribution < 1.29 is 13.2 Å². The molecule has 1 fully saturated rings. The summed E-state index contributed by atoms with van der Waals surface area (Å²) in [6.07, 6.45) is 4.50. The van der Waals surface area contributed by atoms with Crippen molar-refractivity contribution in [1.82, 2.24) is 10.2 Å². The molecule has 1 atom stereocenters. The van der Waals surface area contributed by atoms with Crippen LogP contribution in [0.2, 0.25) is 5.02 Å². The van der Waals surface area contributed by atoms with E-state index >= 15 is 0 Å². The molecule has 1 N–H and O–H groups in total. The van der Waals surface area contributed by atoms with Gasteiger partial charge in [-0.05, 0) is 88.0 Å². The van der Waals surface area contributed by atoms with E-state index in [9.17, 15) is 13.2 Å². The van der Waals surface area contributed by atoms with Crippen LogP contribution in [0.3, 0.4) is 0 Å². The van der Waals surface area contributed by atoms with E-state index < -0.39 is 10.0 Å². The average molecular weight is 506 g/mol. The smallest absolute Gasteiger partial charge is 0.264 e. The number of rotatable bonds is 9. The number of sulfonamides is 1. The fourth-order valence-corrected chi connectivity index (χ4v) is 6.25. The number of nitrogens with one attached hydrogen (secondary N) is 1. The maximum absolute atomic E-state index is 13.4. The third-order valence-corrected chi connectivity index (χ3v) is 8.76. The third-order valence-electron chi connectivity index (χ3n) is 6.44. The zero-order valence-electron chi connectivity index (χ0n) is 20.6. The molecule has 2 aromatic rings. The van der Waals surface area contributed by atoms with E-state index in [0.29, 0.717) is 34.7 Å². The zero-order valence-corrected chi connectivity index (χ0v) is 22.2. The predicted octanol–water partition coefficient (Wildman–Crippen LogP) is 4.71. The van der Waals surface area contributed by atoms with Gasteiger partial charge < -0.3 is 10.2 Å². The minimum absolute atomic E-state index is 0.0195. The van der Waals surface area contributed by atoms with E-state index in [1.165, 1.54) is 23.6 Å². The highest BCUT2D eigenvalue weighted by atomic mass is 35.5. The number of hydrogen-bond donors (Lipinski definition) is 1. The summed E-state index contributed by atoms with van der Waals surface area (Å²) < 4.78 is 28.2. The first-order valence-electron chi connectivity index (χ1n) is 11.9. The van der Waals surface area contributed by atoms with Gasteiger partial charge in [0.05, 0.1) is 10.6 Å². The number of carbonyl (C=O) groups is 1. The van der Waals surface area contributed by atoms with Gasteiger partial charge in [0.25, 0.3) is 10.0 Å². The van der Waals surface area contributed by atoms with E-state index in [0.717, 1.165) is 25.2 Å². The second-order valence-electron chi connectivity index (χ2n) is 9.30. The van der Waals surface area contributed by atoms with Crippen LogP contribution in [0, 0.1) is 13.8 Å². The third kappa shape index (κ3) is 6.52. The standard InChI is InChI=1S/C26H36ClN3O3S/c1-19-17-25(20(2)16-23(19)27)34(32,33)29(4)24-11-7-6-10-22(24)12-13-26(31)28-21(3)18-30-14-8-5-9-15-30/h6-7,10-11,16-17,21H,5,8-9,12-15,18H2,1-4H3,(H,28,31)/t21-/m0/s1. The van der Waals surface area contributed by atoms with Crippen LogP contribution in [0.25, 0.3) is 0 Å². The molecule has 1 aliphatic rings. The Balaban J connectivity index is 1.68. The van der Waals surface area contributed by atoms with Crippen LogP contribution in [-0.4, -0.2) is 51.9 Å². The van der Waals surface area contributed by atoms with Gasteiger partial charge in [-0.2, -0.15) is 0 Å². The van der Waals surface area contributed by atoms with Crippen molar-refractivity contribution in [2.45, 2.75) is 63.8 Å². The summed E-state index contributed by atoms with van der Waals surface area (Å²) in [5, 5.41) is 3.64. The summed E-state index contributed by atoms with van der Waals surface area (Å²) in [7, 11) is -2.24. The first-order chi connectivity index (χ1) is 16.1. The lowest BCUT2D eigenvalue weighted by molar-refractivity contribution is -0.121. The summed E-state index contributed by atoms with van der Waals surface area (Å²) >= 11 is 6.17. The van der Waals surface area contributed by atoms with Crippen molar-refractivity contribution in [1.29, 1.82) is 0 Å². The molecular weight excluding hydrogens is 470 g/mol. The van der Waals surface area contributed by atoms with Gasteiger partial charge in [-0.25, -0.2) is 8.42 Å². The maximum atomic E-state index is 13.4. The number of likely N-dealkylation sites (tertiary alicyclic amines) is 1. The highest BCUT2D eigenvalue weighted by Crippen LogP contribution is 2.30. The summed E-state index contributed by atoms with van der Waals surface area (Å²) in [5.41, 5.74) is 2.70. The molecule has 3 rings (SSSR count). The SMILES string of the molecule is Cc1cc(S(=O)(=O)N(C)c2ccccc2CCC(=O)N[C@@H](C)CN2CCCCC2)c(C)cc1Cl. The lowest BCUT2D eigenvalue weighted by Gasteiger charge is -2.29. The number of nitrogens with zero attached hydrogens (tertiary/aromatic N) is 2. The van der Waals surface area contributed by atoms with Crippen LogP contribution in [0.4, 0.5) is 5.69 Å². The van der Waals surface area contributed by atoms with Gasteiger partial charge in [-0.3, -0.25) is 9.10 Å². The molecule has 1 heterocycles. The molecule has 0 bridgehead atoms. The average Bonchev–Trinajstić information content (AvgIpc) is 2.80. The Morgan fingerprint density at radius 2 is 1.79 bits per heavy atom. The highest BCUT2D eigenvalue weighted by molar-refractivity contribution is 7.92. The number of anilines is 1. The normalized spacial score (nSPS) is 15.7. The Hall–Kier alpha value is -2.09. The van der Waals surface area contributed by atoms with Gasteiger partial charge in [0.15, 0.2) is 0 Å². The van der Waals surface area contributed by atoms with Crippen LogP contribution in [-0.2, 0) is 21.2 Å². The summed E-state index contributed by atoms with van der Waals surface area (Å²) in [6, 6.07) is 10.7. The molecule has 1 amide bonds. The Kier molecular flexibility index (Phi) is 9.01. The number of aryl methyl sites for hydroxylation is 3. The van der Waals surface area contributed by atoms with Gasteiger partial charge in [0.2, 0.25) is 5.91 Å². The first kappa shape index (κ1) is 26.5. The van der Waals surface area contributed by atoms with Gasteiger partial charge in [0, 0.05) is 31.1 Å². The van der Waals surface area contributed by atoms with Crippen molar-refractivity contribution in [3.63, 3.8) is 0 Å². The van der Waals surface area contributed by atoms with E-state index in [2.05, 4.69) is 10.2 Å². The number of piperidine rings is 1. The van der Waals surface area contributed by atoms with E-state index in [-0.39, 0.29) is 16.8 Å². The zero-order chi connectivity index (χ0) is 24.9. The summed E-state index contributed by atoms with van der Waals surface area (Å²) in [5.74, 6) is -0.0195. The minimum atomic E-state index is -3.79. The number of carbonyl (C=O) groups excluding carboxylic acids is 1. The van der Waals surface area contributed by atoms with Crippen molar-refractivity contribution in [2.24, 2.45) is 0 Å². The Morgan fingerprint density at radius 3 is 2.50 bits per heavy atom. The van der Waals surface area contributed by atoms with Crippen molar-refractivity contribution >= 4 is 33.2 Å². The fourth-order valence-electron chi connectivity index (χ4n) is 4.51. The highest BCUT2D eigenvalue weighted by Gasteiger charge is 2.26. The number of amides is 1. The molecule has 34 heavy (non-hydrogen) atoms. The predicted molar refractivity (Wildman–Crippen MR) is 139 cm³/mol. The first-order valence-corrected chi connectivity index (χ1v) is 13.8. The topological polar surface area (TPSA) is 69.7 Å². The second kappa shape index (κ2) is 11.6. The van der Waals surface area contributed by atoms with E-state index in [4.69, 9.17) is 11.6 Å². The molecule has 186 valence electrons. The lowest BCUT2D eigenvalue weighted by Crippen LogP contribution is -2.43. The molecule has 0 aromatic heterocycles. The largest absolute Gasteiger partial charge is 0.352 e. The molecule has 0 radical (unpaired) electrons. The van der Waals surface area contributed by atoms with Crippen LogP contribution in [0.5, 0.6) is 0 Å². The Bertz CT molecular complexity index is 1110. The van der Waals surface area contributed by atoms with E-state index in [1.807, 2.05) is 25.1 Å². The summed E-state index contributed by atoms with van der Waals surface area (Å²) in [6.45, 7) is 8.63. The van der Waals surface area contributed by atoms with Crippen molar-refractivity contribution in [3.05, 3.63) is 58.1 Å². The second-order valence-corrected chi connectivity index (χ2v) is 11.6. The molecule has 1 saturated heterocycles. The molecule has 2 aromatic carbocycles. The van der Waals surface area contributed by atoms with Crippen LogP contribution in [0.1, 0.15) is 49.3 Å². The maximum Gasteiger partial charge on any atom is 0.264 e. The number of benzene rings is 2. The fraction of sp³-hybridized carbons (Fsp3) is 0.500. The Labute approximate surface area is 209 Å². The Morgan fingerprint density at radius 1 is 1.12 bits per heavy atom. The molecule has 6 nitrogen and oxygen atoms in total. The molecule has 0 saturated carbocycles. The van der Waals surface area contributed by atoms with Gasteiger partial charge >= 0.3 is 0 Å². The van der Waals surface area contributed by atoms with Crippen molar-refractivity contribution in [2.75, 3.05) is 31.0 Å². The van der Waals surface area contributed by atoms with Crippen LogP contribution >= 0.6 is 11.6 Å². The molecular formula is C26H36ClN3O3S. The molecule has 0 unspecified atom stereocenters. The quantitative estimate of drug-likeness (QED) is 0.536. The number of hydrogen-bond acceptors (Lipinski definition) is 4. The van der Waals surface area contributed by atoms with E-state index in [1.54, 1.807) is 39.1 Å². The summed E-state index contributed by atoms with van der Waals surface area (Å²) in [4.78, 5) is 15.2. The van der Waals surface area contributed by atoms with Crippen molar-refractivity contribution in [3.8, 4) is 0 Å². The van der Waals surface area contributed by atoms with Gasteiger partial charge in [0.1, 0.15) is 0 Å². The van der Waals surface area contributed by atoms with Gasteiger partial charge in [-0.1, -0.05) is 36.2 Å². The molecule has 8 heteroatoms. The van der Waals surface area contributed by atoms with Gasteiger partial charge in [-0.15, -0.1) is 0 Å². The number of halogens is 1. The monoisotopic (exact) mass is 505 g/mol.